The van der Waals surface area contributed by atoms with Crippen LogP contribution in [0.1, 0.15) is 11.1 Å². The second-order valence-electron chi connectivity index (χ2n) is 4.77. The third-order valence-corrected chi connectivity index (χ3v) is 3.59. The van der Waals surface area contributed by atoms with E-state index in [-0.39, 0.29) is 0 Å². The van der Waals surface area contributed by atoms with Crippen LogP contribution in [0.4, 0.5) is 5.69 Å². The van der Waals surface area contributed by atoms with Gasteiger partial charge in [-0.3, -0.25) is 0 Å². The Morgan fingerprint density at radius 2 is 2.00 bits per heavy atom. The molecule has 20 heavy (non-hydrogen) atoms. The van der Waals surface area contributed by atoms with Gasteiger partial charge in [-0.15, -0.1) is 0 Å². The van der Waals surface area contributed by atoms with E-state index in [0.29, 0.717) is 21.8 Å². The molecule has 0 aliphatic heterocycles. The van der Waals surface area contributed by atoms with E-state index in [4.69, 9.17) is 10.2 Å². The third kappa shape index (κ3) is 2.25. The quantitative estimate of drug-likeness (QED) is 0.769. The minimum atomic E-state index is 0.591. The summed E-state index contributed by atoms with van der Waals surface area (Å²) in [4.78, 5) is 0. The van der Waals surface area contributed by atoms with Gasteiger partial charge in [0.15, 0.2) is 16.1 Å². The molecule has 0 aliphatic rings. The molecule has 0 aliphatic carbocycles. The largest absolute Gasteiger partial charge is 0.448 e. The van der Waals surface area contributed by atoms with E-state index in [0.717, 1.165) is 11.3 Å². The number of halogens is 1. The molecule has 4 nitrogen and oxygen atoms in total. The minimum Gasteiger partial charge on any atom is -0.448 e. The summed E-state index contributed by atoms with van der Waals surface area (Å²) < 4.78 is 7.97. The van der Waals surface area contributed by atoms with E-state index in [1.54, 1.807) is 4.68 Å². The predicted molar refractivity (Wildman–Crippen MR) is 82.9 cm³/mol. The van der Waals surface area contributed by atoms with E-state index in [1.807, 2.05) is 18.3 Å². The van der Waals surface area contributed by atoms with Gasteiger partial charge in [0.05, 0.1) is 17.6 Å². The summed E-state index contributed by atoms with van der Waals surface area (Å²) in [5.74, 6) is 0.651. The van der Waals surface area contributed by atoms with Crippen LogP contribution in [-0.4, -0.2) is 9.78 Å². The molecule has 0 spiro atoms. The second-order valence-corrected chi connectivity index (χ2v) is 5.55. The number of nitrogens with two attached hydrogens (primary N) is 1. The Balaban J connectivity index is 2.11. The average molecular weight is 332 g/mol. The molecule has 2 aromatic heterocycles. The zero-order chi connectivity index (χ0) is 14.3. The number of furan rings is 1. The first-order valence-corrected chi connectivity index (χ1v) is 7.02. The Labute approximate surface area is 125 Å². The molecule has 0 amide bonds. The van der Waals surface area contributed by atoms with Gasteiger partial charge in [-0.1, -0.05) is 12.1 Å². The summed E-state index contributed by atoms with van der Waals surface area (Å²) in [5, 5.41) is 4.54. The molecular weight excluding hydrogens is 318 g/mol. The summed E-state index contributed by atoms with van der Waals surface area (Å²) in [7, 11) is 0. The van der Waals surface area contributed by atoms with Gasteiger partial charge in [-0.05, 0) is 59.1 Å². The van der Waals surface area contributed by atoms with Crippen LogP contribution in [-0.2, 0) is 0 Å². The summed E-state index contributed by atoms with van der Waals surface area (Å²) in [6.45, 7) is 4.11. The summed E-state index contributed by atoms with van der Waals surface area (Å²) in [5.41, 5.74) is 10.6. The number of aromatic nitrogens is 2. The van der Waals surface area contributed by atoms with Crippen molar-refractivity contribution < 1.29 is 4.42 Å². The van der Waals surface area contributed by atoms with Crippen molar-refractivity contribution in [1.82, 2.24) is 9.78 Å². The van der Waals surface area contributed by atoms with Gasteiger partial charge in [-0.25, -0.2) is 4.68 Å². The average Bonchev–Trinajstić information content (AvgIpc) is 2.98. The molecule has 0 bridgehead atoms. The molecule has 3 aromatic rings. The Hall–Kier alpha value is -2.01. The Kier molecular flexibility index (Phi) is 3.14. The number of nitrogen functional groups attached to an aromatic ring is 1. The number of hydrogen-bond acceptors (Lipinski definition) is 3. The second kappa shape index (κ2) is 4.83. The lowest BCUT2D eigenvalue weighted by Crippen LogP contribution is -1.98. The standard InChI is InChI=1S/C15H14BrN3O/c1-9-3-4-10(2)12(7-9)19-8-11(17)15(18-19)13-5-6-14(16)20-13/h3-8H,17H2,1-2H3. The lowest BCUT2D eigenvalue weighted by atomic mass is 10.1. The first kappa shape index (κ1) is 13.0. The SMILES string of the molecule is Cc1ccc(C)c(-n2cc(N)c(-c3ccc(Br)o3)n2)c1. The Morgan fingerprint density at radius 3 is 2.70 bits per heavy atom. The molecule has 102 valence electrons. The maximum atomic E-state index is 6.05. The molecule has 0 fully saturated rings. The molecule has 5 heteroatoms. The normalized spacial score (nSPS) is 10.9. The van der Waals surface area contributed by atoms with Crippen molar-refractivity contribution in [3.8, 4) is 17.1 Å². The molecule has 1 aromatic carbocycles. The van der Waals surface area contributed by atoms with Gasteiger partial charge in [0, 0.05) is 0 Å². The lowest BCUT2D eigenvalue weighted by molar-refractivity contribution is 0.553. The fraction of sp³-hybridized carbons (Fsp3) is 0.133. The maximum absolute atomic E-state index is 6.05. The van der Waals surface area contributed by atoms with Crippen LogP contribution in [0.3, 0.4) is 0 Å². The highest BCUT2D eigenvalue weighted by atomic mass is 79.9. The van der Waals surface area contributed by atoms with Gasteiger partial charge in [0.25, 0.3) is 0 Å². The number of benzene rings is 1. The number of rotatable bonds is 2. The van der Waals surface area contributed by atoms with Gasteiger partial charge in [-0.2, -0.15) is 5.10 Å². The van der Waals surface area contributed by atoms with Gasteiger partial charge < -0.3 is 10.2 Å². The molecule has 0 atom stereocenters. The van der Waals surface area contributed by atoms with Crippen molar-refractivity contribution in [3.05, 3.63) is 52.3 Å². The van der Waals surface area contributed by atoms with Crippen molar-refractivity contribution in [2.75, 3.05) is 5.73 Å². The van der Waals surface area contributed by atoms with E-state index in [9.17, 15) is 0 Å². The molecule has 0 saturated carbocycles. The first-order valence-electron chi connectivity index (χ1n) is 6.23. The van der Waals surface area contributed by atoms with E-state index in [1.165, 1.54) is 5.56 Å². The number of anilines is 1. The van der Waals surface area contributed by atoms with Gasteiger partial charge in [0.1, 0.15) is 0 Å². The van der Waals surface area contributed by atoms with Crippen LogP contribution in [0.5, 0.6) is 0 Å². The number of nitrogens with zero attached hydrogens (tertiary/aromatic N) is 2. The van der Waals surface area contributed by atoms with Crippen LogP contribution in [0, 0.1) is 13.8 Å². The van der Waals surface area contributed by atoms with Crippen LogP contribution in [0.15, 0.2) is 45.6 Å². The molecule has 0 saturated heterocycles. The summed E-state index contributed by atoms with van der Waals surface area (Å²) >= 11 is 3.28. The molecular formula is C15H14BrN3O. The van der Waals surface area contributed by atoms with E-state index < -0.39 is 0 Å². The summed E-state index contributed by atoms with van der Waals surface area (Å²) in [6.07, 6.45) is 1.81. The Bertz CT molecular complexity index is 773. The van der Waals surface area contributed by atoms with E-state index >= 15 is 0 Å². The molecule has 0 unspecified atom stereocenters. The predicted octanol–water partition coefficient (Wildman–Crippen LogP) is 4.09. The van der Waals surface area contributed by atoms with Crippen molar-refractivity contribution >= 4 is 21.6 Å². The van der Waals surface area contributed by atoms with Crippen LogP contribution in [0.25, 0.3) is 17.1 Å². The smallest absolute Gasteiger partial charge is 0.169 e. The zero-order valence-corrected chi connectivity index (χ0v) is 12.8. The topological polar surface area (TPSA) is 57.0 Å². The van der Waals surface area contributed by atoms with Crippen molar-refractivity contribution in [2.45, 2.75) is 13.8 Å². The fourth-order valence-electron chi connectivity index (χ4n) is 2.11. The third-order valence-electron chi connectivity index (χ3n) is 3.16. The zero-order valence-electron chi connectivity index (χ0n) is 11.2. The Morgan fingerprint density at radius 1 is 1.20 bits per heavy atom. The van der Waals surface area contributed by atoms with Gasteiger partial charge in [0.2, 0.25) is 0 Å². The highest BCUT2D eigenvalue weighted by molar-refractivity contribution is 9.10. The van der Waals surface area contributed by atoms with Crippen molar-refractivity contribution in [1.29, 1.82) is 0 Å². The molecule has 2 heterocycles. The fourth-order valence-corrected chi connectivity index (χ4v) is 2.42. The van der Waals surface area contributed by atoms with Crippen LogP contribution >= 0.6 is 15.9 Å². The lowest BCUT2D eigenvalue weighted by Gasteiger charge is -2.06. The molecule has 3 rings (SSSR count). The van der Waals surface area contributed by atoms with Crippen LogP contribution in [0.2, 0.25) is 0 Å². The summed E-state index contributed by atoms with van der Waals surface area (Å²) in [6, 6.07) is 9.91. The van der Waals surface area contributed by atoms with Crippen molar-refractivity contribution in [3.63, 3.8) is 0 Å². The van der Waals surface area contributed by atoms with Crippen LogP contribution < -0.4 is 5.73 Å². The number of hydrogen-bond donors (Lipinski definition) is 1. The molecule has 0 radical (unpaired) electrons. The first-order chi connectivity index (χ1) is 9.54. The monoisotopic (exact) mass is 331 g/mol. The maximum Gasteiger partial charge on any atom is 0.169 e. The van der Waals surface area contributed by atoms with Gasteiger partial charge >= 0.3 is 0 Å². The van der Waals surface area contributed by atoms with Crippen molar-refractivity contribution in [2.24, 2.45) is 0 Å². The minimum absolute atomic E-state index is 0.591. The highest BCUT2D eigenvalue weighted by Crippen LogP contribution is 2.29. The molecule has 2 N–H and O–H groups in total. The highest BCUT2D eigenvalue weighted by Gasteiger charge is 2.14. The van der Waals surface area contributed by atoms with E-state index in [2.05, 4.69) is 53.1 Å². The number of aryl methyl sites for hydroxylation is 2.